The average molecular weight is 201 g/mol. The molecule has 0 radical (unpaired) electrons. The molecule has 0 bridgehead atoms. The van der Waals surface area contributed by atoms with Crippen LogP contribution in [0, 0.1) is 13.8 Å². The van der Waals surface area contributed by atoms with Gasteiger partial charge in [0.05, 0.1) is 17.1 Å². The molecule has 2 N–H and O–H groups in total. The van der Waals surface area contributed by atoms with E-state index in [4.69, 9.17) is 5.73 Å². The third kappa shape index (κ3) is 1.76. The van der Waals surface area contributed by atoms with E-state index in [1.807, 2.05) is 13.8 Å². The zero-order valence-electron chi connectivity index (χ0n) is 8.60. The van der Waals surface area contributed by atoms with Crippen molar-refractivity contribution in [2.75, 3.05) is 5.73 Å². The molecule has 0 atom stereocenters. The smallest absolute Gasteiger partial charge is 0.198 e. The van der Waals surface area contributed by atoms with Gasteiger partial charge in [-0.1, -0.05) is 0 Å². The first-order valence-corrected chi connectivity index (χ1v) is 4.56. The molecule has 0 saturated carbocycles. The van der Waals surface area contributed by atoms with Gasteiger partial charge in [-0.2, -0.15) is 0 Å². The summed E-state index contributed by atoms with van der Waals surface area (Å²) in [5, 5.41) is 0. The van der Waals surface area contributed by atoms with Crippen LogP contribution in [0.4, 0.5) is 5.69 Å². The highest BCUT2D eigenvalue weighted by atomic mass is 15.0. The van der Waals surface area contributed by atoms with E-state index >= 15 is 0 Å². The first kappa shape index (κ1) is 9.51. The van der Waals surface area contributed by atoms with Crippen molar-refractivity contribution in [1.29, 1.82) is 0 Å². The molecule has 76 valence electrons. The fraction of sp³-hybridized carbons (Fsp3) is 0.200. The second-order valence-electron chi connectivity index (χ2n) is 3.20. The summed E-state index contributed by atoms with van der Waals surface area (Å²) in [4.78, 5) is 16.7. The van der Waals surface area contributed by atoms with Crippen LogP contribution in [0.3, 0.4) is 0 Å². The van der Waals surface area contributed by atoms with E-state index in [1.165, 1.54) is 0 Å². The summed E-state index contributed by atoms with van der Waals surface area (Å²) in [6, 6.07) is 1.75. The molecule has 5 nitrogen and oxygen atoms in total. The van der Waals surface area contributed by atoms with Crippen molar-refractivity contribution in [2.45, 2.75) is 13.8 Å². The third-order valence-corrected chi connectivity index (χ3v) is 2.09. The van der Waals surface area contributed by atoms with Gasteiger partial charge in [0.25, 0.3) is 0 Å². The van der Waals surface area contributed by atoms with E-state index in [0.29, 0.717) is 17.3 Å². The number of anilines is 1. The van der Waals surface area contributed by atoms with Crippen molar-refractivity contribution in [1.82, 2.24) is 19.9 Å². The monoisotopic (exact) mass is 201 g/mol. The zero-order valence-corrected chi connectivity index (χ0v) is 8.60. The molecule has 2 aromatic heterocycles. The Balaban J connectivity index is 2.56. The largest absolute Gasteiger partial charge is 0.396 e. The lowest BCUT2D eigenvalue weighted by Gasteiger charge is -2.05. The Bertz CT molecular complexity index is 457. The lowest BCUT2D eigenvalue weighted by Crippen LogP contribution is -2.03. The second-order valence-corrected chi connectivity index (χ2v) is 3.20. The van der Waals surface area contributed by atoms with Gasteiger partial charge in [-0.3, -0.25) is 0 Å². The van der Waals surface area contributed by atoms with Gasteiger partial charge < -0.3 is 5.73 Å². The van der Waals surface area contributed by atoms with Gasteiger partial charge in [0.1, 0.15) is 0 Å². The minimum absolute atomic E-state index is 0.514. The molecule has 0 aliphatic carbocycles. The Morgan fingerprint density at radius 3 is 2.00 bits per heavy atom. The van der Waals surface area contributed by atoms with Crippen LogP contribution in [0.2, 0.25) is 0 Å². The molecule has 2 aromatic rings. The van der Waals surface area contributed by atoms with Gasteiger partial charge in [0, 0.05) is 12.4 Å². The van der Waals surface area contributed by atoms with Crippen LogP contribution < -0.4 is 5.73 Å². The molecule has 0 unspecified atom stereocenters. The van der Waals surface area contributed by atoms with Gasteiger partial charge in [-0.25, -0.2) is 19.9 Å². The zero-order chi connectivity index (χ0) is 10.8. The van der Waals surface area contributed by atoms with E-state index in [0.717, 1.165) is 11.4 Å². The van der Waals surface area contributed by atoms with E-state index < -0.39 is 0 Å². The molecule has 2 heterocycles. The van der Waals surface area contributed by atoms with Crippen LogP contribution in [-0.2, 0) is 0 Å². The second kappa shape index (κ2) is 3.61. The van der Waals surface area contributed by atoms with E-state index in [2.05, 4.69) is 19.9 Å². The first-order chi connectivity index (χ1) is 7.18. The van der Waals surface area contributed by atoms with Crippen LogP contribution in [0.5, 0.6) is 0 Å². The van der Waals surface area contributed by atoms with E-state index in [1.54, 1.807) is 18.5 Å². The molecule has 0 aliphatic rings. The van der Waals surface area contributed by atoms with Crippen LogP contribution in [0.25, 0.3) is 11.6 Å². The molecule has 0 amide bonds. The van der Waals surface area contributed by atoms with Gasteiger partial charge in [0.15, 0.2) is 11.6 Å². The fourth-order valence-corrected chi connectivity index (χ4v) is 1.24. The Kier molecular flexibility index (Phi) is 2.29. The lowest BCUT2D eigenvalue weighted by atomic mass is 10.3. The van der Waals surface area contributed by atoms with Crippen molar-refractivity contribution in [3.8, 4) is 11.6 Å². The van der Waals surface area contributed by atoms with Crippen molar-refractivity contribution in [3.05, 3.63) is 29.8 Å². The normalized spacial score (nSPS) is 10.3. The van der Waals surface area contributed by atoms with Crippen molar-refractivity contribution in [3.63, 3.8) is 0 Å². The number of nitrogens with two attached hydrogens (primary N) is 1. The summed E-state index contributed by atoms with van der Waals surface area (Å²) in [6.45, 7) is 3.69. The Morgan fingerprint density at radius 1 is 0.933 bits per heavy atom. The molecular formula is C10H11N5. The Morgan fingerprint density at radius 2 is 1.47 bits per heavy atom. The number of aromatic nitrogens is 4. The molecule has 5 heteroatoms. The number of aryl methyl sites for hydroxylation is 2. The average Bonchev–Trinajstić information content (AvgIpc) is 2.26. The maximum atomic E-state index is 5.76. The van der Waals surface area contributed by atoms with Gasteiger partial charge >= 0.3 is 0 Å². The van der Waals surface area contributed by atoms with Gasteiger partial charge in [-0.05, 0) is 19.9 Å². The Hall–Kier alpha value is -2.04. The summed E-state index contributed by atoms with van der Waals surface area (Å²) < 4.78 is 0. The van der Waals surface area contributed by atoms with E-state index in [-0.39, 0.29) is 0 Å². The van der Waals surface area contributed by atoms with E-state index in [9.17, 15) is 0 Å². The fourth-order valence-electron chi connectivity index (χ4n) is 1.24. The van der Waals surface area contributed by atoms with Crippen LogP contribution in [0.15, 0.2) is 18.5 Å². The van der Waals surface area contributed by atoms with Crippen LogP contribution >= 0.6 is 0 Å². The number of hydrogen-bond donors (Lipinski definition) is 1. The van der Waals surface area contributed by atoms with Crippen LogP contribution in [0.1, 0.15) is 11.4 Å². The maximum absolute atomic E-state index is 5.76. The number of rotatable bonds is 1. The predicted molar refractivity (Wildman–Crippen MR) is 56.9 cm³/mol. The summed E-state index contributed by atoms with van der Waals surface area (Å²) >= 11 is 0. The standard InChI is InChI=1S/C10H11N5/c1-6-8(11)7(2)15-10(14-6)9-12-4-3-5-13-9/h3-5H,11H2,1-2H3. The van der Waals surface area contributed by atoms with Crippen molar-refractivity contribution in [2.24, 2.45) is 0 Å². The summed E-state index contributed by atoms with van der Waals surface area (Å²) in [5.74, 6) is 1.03. The first-order valence-electron chi connectivity index (χ1n) is 4.56. The predicted octanol–water partition coefficient (Wildman–Crippen LogP) is 1.13. The number of nitrogen functional groups attached to an aromatic ring is 1. The van der Waals surface area contributed by atoms with Crippen LogP contribution in [-0.4, -0.2) is 19.9 Å². The van der Waals surface area contributed by atoms with Crippen molar-refractivity contribution >= 4 is 5.69 Å². The molecule has 0 saturated heterocycles. The van der Waals surface area contributed by atoms with Crippen molar-refractivity contribution < 1.29 is 0 Å². The molecule has 0 aliphatic heterocycles. The highest BCUT2D eigenvalue weighted by Crippen LogP contribution is 2.16. The number of nitrogens with zero attached hydrogens (tertiary/aromatic N) is 4. The SMILES string of the molecule is Cc1nc(-c2ncccn2)nc(C)c1N. The third-order valence-electron chi connectivity index (χ3n) is 2.09. The summed E-state index contributed by atoms with van der Waals surface area (Å²) in [7, 11) is 0. The summed E-state index contributed by atoms with van der Waals surface area (Å²) in [6.07, 6.45) is 3.32. The Labute approximate surface area is 87.4 Å². The number of hydrogen-bond acceptors (Lipinski definition) is 5. The topological polar surface area (TPSA) is 77.6 Å². The highest BCUT2D eigenvalue weighted by molar-refractivity contribution is 5.52. The summed E-state index contributed by atoms with van der Waals surface area (Å²) in [5.41, 5.74) is 7.89. The molecule has 2 rings (SSSR count). The molecular weight excluding hydrogens is 190 g/mol. The van der Waals surface area contributed by atoms with Gasteiger partial charge in [0.2, 0.25) is 0 Å². The molecule has 0 aromatic carbocycles. The molecule has 0 fully saturated rings. The lowest BCUT2D eigenvalue weighted by molar-refractivity contribution is 1.02. The van der Waals surface area contributed by atoms with Gasteiger partial charge in [-0.15, -0.1) is 0 Å². The highest BCUT2D eigenvalue weighted by Gasteiger charge is 2.08. The minimum atomic E-state index is 0.514. The minimum Gasteiger partial charge on any atom is -0.396 e. The quantitative estimate of drug-likeness (QED) is 0.748. The maximum Gasteiger partial charge on any atom is 0.198 e. The molecule has 0 spiro atoms. The molecule has 15 heavy (non-hydrogen) atoms.